The van der Waals surface area contributed by atoms with Gasteiger partial charge in [0.1, 0.15) is 0 Å². The number of carboxylic acid groups (broad SMARTS) is 1. The van der Waals surface area contributed by atoms with Gasteiger partial charge in [-0.25, -0.2) is 0 Å². The van der Waals surface area contributed by atoms with Crippen molar-refractivity contribution in [1.29, 1.82) is 0 Å². The fraction of sp³-hybridized carbons (Fsp3) is 0.731. The summed E-state index contributed by atoms with van der Waals surface area (Å²) in [5.41, 5.74) is 3.24. The van der Waals surface area contributed by atoms with E-state index in [2.05, 4.69) is 43.4 Å². The first-order valence-electron chi connectivity index (χ1n) is 11.9. The fourth-order valence-corrected chi connectivity index (χ4v) is 5.70. The Bertz CT molecular complexity index is 641. The average Bonchev–Trinajstić information content (AvgIpc) is 2.69. The number of hydrogen-bond donors (Lipinski definition) is 2. The highest BCUT2D eigenvalue weighted by atomic mass is 16.4. The fourth-order valence-electron chi connectivity index (χ4n) is 5.70. The lowest BCUT2D eigenvalue weighted by molar-refractivity contribution is -0.144. The molecule has 3 atom stereocenters. The van der Waals surface area contributed by atoms with E-state index in [1.807, 2.05) is 6.92 Å². The van der Waals surface area contributed by atoms with Gasteiger partial charge in [0.25, 0.3) is 0 Å². The summed E-state index contributed by atoms with van der Waals surface area (Å²) in [5.74, 6) is 1.02. The minimum absolute atomic E-state index is 0.149. The van der Waals surface area contributed by atoms with Crippen LogP contribution in [0.4, 0.5) is 5.69 Å². The number of carboxylic acids is 1. The van der Waals surface area contributed by atoms with Crippen molar-refractivity contribution in [3.8, 4) is 0 Å². The Morgan fingerprint density at radius 1 is 1.14 bits per heavy atom. The predicted molar refractivity (Wildman–Crippen MR) is 121 cm³/mol. The summed E-state index contributed by atoms with van der Waals surface area (Å²) in [5, 5.41) is 13.1. The Labute approximate surface area is 177 Å². The minimum Gasteiger partial charge on any atom is -0.481 e. The first-order valence-corrected chi connectivity index (χ1v) is 11.9. The number of carbonyl (C=O) groups is 1. The molecule has 1 aromatic carbocycles. The van der Waals surface area contributed by atoms with Crippen LogP contribution in [0.1, 0.15) is 96.5 Å². The smallest absolute Gasteiger partial charge is 0.306 e. The molecule has 29 heavy (non-hydrogen) atoms. The third kappa shape index (κ3) is 6.23. The first-order chi connectivity index (χ1) is 13.9. The zero-order valence-electron chi connectivity index (χ0n) is 18.8. The van der Waals surface area contributed by atoms with Crippen molar-refractivity contribution in [2.24, 2.45) is 23.2 Å². The molecule has 1 aromatic rings. The molecule has 2 saturated carbocycles. The van der Waals surface area contributed by atoms with Gasteiger partial charge < -0.3 is 10.4 Å². The number of aliphatic carboxylic acids is 1. The van der Waals surface area contributed by atoms with Crippen LogP contribution in [0.2, 0.25) is 0 Å². The maximum absolute atomic E-state index is 11.5. The van der Waals surface area contributed by atoms with Gasteiger partial charge in [-0.2, -0.15) is 0 Å². The van der Waals surface area contributed by atoms with Crippen molar-refractivity contribution in [2.75, 3.05) is 11.9 Å². The van der Waals surface area contributed by atoms with Gasteiger partial charge >= 0.3 is 5.97 Å². The van der Waals surface area contributed by atoms with Crippen LogP contribution in [0.5, 0.6) is 0 Å². The second-order valence-corrected chi connectivity index (χ2v) is 10.4. The Morgan fingerprint density at radius 2 is 1.83 bits per heavy atom. The van der Waals surface area contributed by atoms with Crippen molar-refractivity contribution in [3.05, 3.63) is 29.8 Å². The van der Waals surface area contributed by atoms with Crippen LogP contribution in [-0.4, -0.2) is 17.6 Å². The lowest BCUT2D eigenvalue weighted by Crippen LogP contribution is -2.28. The SMILES string of the molecule is CCC(C(=O)O)C1CCCC(CCNc2ccc(C3CCC(C)(C)CC3)cc2)C1. The van der Waals surface area contributed by atoms with Gasteiger partial charge in [-0.05, 0) is 92.2 Å². The molecule has 0 bridgehead atoms. The highest BCUT2D eigenvalue weighted by molar-refractivity contribution is 5.70. The summed E-state index contributed by atoms with van der Waals surface area (Å²) >= 11 is 0. The van der Waals surface area contributed by atoms with E-state index < -0.39 is 5.97 Å². The van der Waals surface area contributed by atoms with Crippen molar-refractivity contribution in [3.63, 3.8) is 0 Å². The van der Waals surface area contributed by atoms with Crippen LogP contribution < -0.4 is 5.32 Å². The molecular weight excluding hydrogens is 358 g/mol. The van der Waals surface area contributed by atoms with Crippen LogP contribution in [0.15, 0.2) is 24.3 Å². The van der Waals surface area contributed by atoms with E-state index in [1.165, 1.54) is 49.8 Å². The summed E-state index contributed by atoms with van der Waals surface area (Å²) < 4.78 is 0. The van der Waals surface area contributed by atoms with Crippen LogP contribution in [0.25, 0.3) is 0 Å². The summed E-state index contributed by atoms with van der Waals surface area (Å²) in [7, 11) is 0. The number of anilines is 1. The number of nitrogens with one attached hydrogen (secondary N) is 1. The second-order valence-electron chi connectivity index (χ2n) is 10.4. The Kier molecular flexibility index (Phi) is 7.65. The third-order valence-corrected chi connectivity index (χ3v) is 7.75. The molecule has 0 heterocycles. The zero-order chi connectivity index (χ0) is 20.9. The lowest BCUT2D eigenvalue weighted by atomic mass is 9.71. The molecule has 0 aromatic heterocycles. The van der Waals surface area contributed by atoms with Gasteiger partial charge in [-0.1, -0.05) is 45.7 Å². The molecule has 0 amide bonds. The maximum atomic E-state index is 11.5. The van der Waals surface area contributed by atoms with E-state index in [-0.39, 0.29) is 5.92 Å². The standard InChI is InChI=1S/C26H41NO2/c1-4-24(25(28)29)22-7-5-6-19(18-22)14-17-27-23-10-8-20(9-11-23)21-12-15-26(2,3)16-13-21/h8-11,19,21-22,24,27H,4-7,12-18H2,1-3H3,(H,28,29). The molecule has 0 spiro atoms. The van der Waals surface area contributed by atoms with Gasteiger partial charge in [-0.3, -0.25) is 4.79 Å². The maximum Gasteiger partial charge on any atom is 0.306 e. The van der Waals surface area contributed by atoms with Gasteiger partial charge in [-0.15, -0.1) is 0 Å². The normalized spacial score (nSPS) is 26.0. The third-order valence-electron chi connectivity index (χ3n) is 7.75. The number of benzene rings is 1. The summed E-state index contributed by atoms with van der Waals surface area (Å²) in [6.45, 7) is 7.80. The van der Waals surface area contributed by atoms with Gasteiger partial charge in [0.05, 0.1) is 5.92 Å². The molecule has 0 radical (unpaired) electrons. The molecule has 3 nitrogen and oxygen atoms in total. The monoisotopic (exact) mass is 399 g/mol. The van der Waals surface area contributed by atoms with Crippen molar-refractivity contribution < 1.29 is 9.90 Å². The van der Waals surface area contributed by atoms with Gasteiger partial charge in [0.15, 0.2) is 0 Å². The second kappa shape index (κ2) is 10.00. The number of hydrogen-bond acceptors (Lipinski definition) is 2. The molecule has 2 aliphatic rings. The lowest BCUT2D eigenvalue weighted by Gasteiger charge is -2.34. The van der Waals surface area contributed by atoms with E-state index in [4.69, 9.17) is 0 Å². The molecule has 3 heteroatoms. The summed E-state index contributed by atoms with van der Waals surface area (Å²) in [4.78, 5) is 11.5. The molecule has 3 rings (SSSR count). The van der Waals surface area contributed by atoms with E-state index in [1.54, 1.807) is 0 Å². The zero-order valence-corrected chi connectivity index (χ0v) is 18.8. The summed E-state index contributed by atoms with van der Waals surface area (Å²) in [6, 6.07) is 9.13. The Morgan fingerprint density at radius 3 is 2.45 bits per heavy atom. The van der Waals surface area contributed by atoms with E-state index in [0.29, 0.717) is 17.3 Å². The van der Waals surface area contributed by atoms with Gasteiger partial charge in [0, 0.05) is 12.2 Å². The van der Waals surface area contributed by atoms with Crippen LogP contribution in [0.3, 0.4) is 0 Å². The molecule has 3 unspecified atom stereocenters. The predicted octanol–water partition coefficient (Wildman–Crippen LogP) is 7.09. The van der Waals surface area contributed by atoms with Gasteiger partial charge in [0.2, 0.25) is 0 Å². The Hall–Kier alpha value is -1.51. The van der Waals surface area contributed by atoms with E-state index in [9.17, 15) is 9.90 Å². The van der Waals surface area contributed by atoms with Crippen LogP contribution >= 0.6 is 0 Å². The molecule has 162 valence electrons. The minimum atomic E-state index is -0.599. The molecule has 2 N–H and O–H groups in total. The average molecular weight is 400 g/mol. The highest BCUT2D eigenvalue weighted by Crippen LogP contribution is 2.42. The molecule has 0 aliphatic heterocycles. The molecule has 2 aliphatic carbocycles. The molecular formula is C26H41NO2. The first kappa shape index (κ1) is 22.2. The largest absolute Gasteiger partial charge is 0.481 e. The molecule has 0 saturated heterocycles. The topological polar surface area (TPSA) is 49.3 Å². The van der Waals surface area contributed by atoms with E-state index >= 15 is 0 Å². The quantitative estimate of drug-likeness (QED) is 0.490. The molecule has 2 fully saturated rings. The van der Waals surface area contributed by atoms with Crippen molar-refractivity contribution in [1.82, 2.24) is 0 Å². The highest BCUT2D eigenvalue weighted by Gasteiger charge is 2.31. The van der Waals surface area contributed by atoms with Crippen LogP contribution in [0, 0.1) is 23.2 Å². The van der Waals surface area contributed by atoms with Crippen molar-refractivity contribution >= 4 is 11.7 Å². The van der Waals surface area contributed by atoms with E-state index in [0.717, 1.165) is 38.1 Å². The summed E-state index contributed by atoms with van der Waals surface area (Å²) in [6.07, 6.45) is 11.8. The Balaban J connectivity index is 1.43. The number of rotatable bonds is 8. The van der Waals surface area contributed by atoms with Crippen LogP contribution in [-0.2, 0) is 4.79 Å². The van der Waals surface area contributed by atoms with Crippen molar-refractivity contribution in [2.45, 2.75) is 90.9 Å².